The van der Waals surface area contributed by atoms with E-state index in [0.717, 1.165) is 16.1 Å². The van der Waals surface area contributed by atoms with E-state index < -0.39 is 0 Å². The molecule has 0 aromatic heterocycles. The Morgan fingerprint density at radius 3 is 2.91 bits per heavy atom. The molecule has 0 saturated carbocycles. The van der Waals surface area contributed by atoms with Gasteiger partial charge in [0.05, 0.1) is 0 Å². The topological polar surface area (TPSA) is 32.3 Å². The molecule has 2 nitrogen and oxygen atoms in total. The van der Waals surface area contributed by atoms with E-state index in [0.29, 0.717) is 6.54 Å². The molecule has 0 atom stereocenters. The quantitative estimate of drug-likeness (QED) is 0.669. The monoisotopic (exact) mass is 171 g/mol. The molecule has 0 radical (unpaired) electrons. The average molecular weight is 172 g/mol. The molecule has 0 aliphatic rings. The Hall–Kier alpha value is -0.570. The van der Waals surface area contributed by atoms with Crippen LogP contribution in [-0.4, -0.2) is 5.21 Å². The van der Waals surface area contributed by atoms with E-state index in [9.17, 15) is 0 Å². The van der Waals surface area contributed by atoms with Gasteiger partial charge in [-0.1, -0.05) is 23.7 Å². The predicted octanol–water partition coefficient (Wildman–Crippen LogP) is 2.13. The zero-order valence-electron chi connectivity index (χ0n) is 6.26. The van der Waals surface area contributed by atoms with Gasteiger partial charge in [-0.15, -0.1) is 0 Å². The molecular formula is C8H10ClNO. The summed E-state index contributed by atoms with van der Waals surface area (Å²) in [5.74, 6) is 0. The highest BCUT2D eigenvalue weighted by atomic mass is 35.5. The number of benzene rings is 1. The molecule has 1 rings (SSSR count). The Bertz CT molecular complexity index is 250. The van der Waals surface area contributed by atoms with Gasteiger partial charge in [0.25, 0.3) is 0 Å². The van der Waals surface area contributed by atoms with Gasteiger partial charge in [0.1, 0.15) is 0 Å². The van der Waals surface area contributed by atoms with Crippen LogP contribution in [0.4, 0.5) is 0 Å². The number of hydrogen-bond acceptors (Lipinski definition) is 2. The van der Waals surface area contributed by atoms with Crippen molar-refractivity contribution in [2.75, 3.05) is 0 Å². The third kappa shape index (κ3) is 1.93. The lowest BCUT2D eigenvalue weighted by Gasteiger charge is -2.04. The molecule has 0 amide bonds. The second-order valence-electron chi connectivity index (χ2n) is 2.36. The molecule has 0 bridgehead atoms. The van der Waals surface area contributed by atoms with E-state index in [2.05, 4.69) is 5.48 Å². The van der Waals surface area contributed by atoms with Crippen LogP contribution in [0.2, 0.25) is 5.02 Å². The van der Waals surface area contributed by atoms with Crippen LogP contribution in [0, 0.1) is 6.92 Å². The summed E-state index contributed by atoms with van der Waals surface area (Å²) in [5, 5.41) is 9.18. The number of hydroxylamine groups is 1. The Labute approximate surface area is 70.8 Å². The Morgan fingerprint density at radius 2 is 2.27 bits per heavy atom. The molecule has 0 aliphatic carbocycles. The van der Waals surface area contributed by atoms with Crippen LogP contribution >= 0.6 is 11.6 Å². The summed E-state index contributed by atoms with van der Waals surface area (Å²) in [7, 11) is 0. The lowest BCUT2D eigenvalue weighted by molar-refractivity contribution is 0.161. The maximum Gasteiger partial charge on any atom is 0.0461 e. The third-order valence-electron chi connectivity index (χ3n) is 1.65. The van der Waals surface area contributed by atoms with Crippen LogP contribution in [0.5, 0.6) is 0 Å². The van der Waals surface area contributed by atoms with Gasteiger partial charge < -0.3 is 5.21 Å². The summed E-state index contributed by atoms with van der Waals surface area (Å²) in [4.78, 5) is 0. The van der Waals surface area contributed by atoms with E-state index in [4.69, 9.17) is 16.8 Å². The molecule has 1 aromatic rings. The van der Waals surface area contributed by atoms with Crippen molar-refractivity contribution in [1.82, 2.24) is 5.48 Å². The lowest BCUT2D eigenvalue weighted by Crippen LogP contribution is -2.07. The second-order valence-corrected chi connectivity index (χ2v) is 2.77. The predicted molar refractivity (Wildman–Crippen MR) is 44.8 cm³/mol. The maximum atomic E-state index is 8.44. The van der Waals surface area contributed by atoms with Crippen LogP contribution in [0.1, 0.15) is 11.1 Å². The summed E-state index contributed by atoms with van der Waals surface area (Å²) in [5.41, 5.74) is 4.12. The van der Waals surface area contributed by atoms with Crippen molar-refractivity contribution in [1.29, 1.82) is 0 Å². The molecule has 1 aromatic carbocycles. The Kier molecular flexibility index (Phi) is 2.88. The highest BCUT2D eigenvalue weighted by Gasteiger charge is 1.99. The van der Waals surface area contributed by atoms with E-state index in [-0.39, 0.29) is 0 Å². The van der Waals surface area contributed by atoms with Gasteiger partial charge in [0.2, 0.25) is 0 Å². The molecule has 0 saturated heterocycles. The molecular weight excluding hydrogens is 162 g/mol. The molecule has 2 N–H and O–H groups in total. The van der Waals surface area contributed by atoms with Crippen LogP contribution in [-0.2, 0) is 6.54 Å². The van der Waals surface area contributed by atoms with Gasteiger partial charge >= 0.3 is 0 Å². The van der Waals surface area contributed by atoms with Crippen molar-refractivity contribution >= 4 is 11.6 Å². The Morgan fingerprint density at radius 1 is 1.55 bits per heavy atom. The number of rotatable bonds is 2. The molecule has 0 aliphatic heterocycles. The lowest BCUT2D eigenvalue weighted by atomic mass is 10.1. The summed E-state index contributed by atoms with van der Waals surface area (Å²) >= 11 is 5.84. The van der Waals surface area contributed by atoms with Gasteiger partial charge in [0.15, 0.2) is 0 Å². The first-order valence-corrected chi connectivity index (χ1v) is 3.74. The fourth-order valence-electron chi connectivity index (χ4n) is 0.929. The third-order valence-corrected chi connectivity index (χ3v) is 2.06. The van der Waals surface area contributed by atoms with Gasteiger partial charge in [-0.25, -0.2) is 5.48 Å². The van der Waals surface area contributed by atoms with Crippen molar-refractivity contribution in [2.45, 2.75) is 13.5 Å². The molecule has 60 valence electrons. The van der Waals surface area contributed by atoms with E-state index >= 15 is 0 Å². The smallest absolute Gasteiger partial charge is 0.0461 e. The van der Waals surface area contributed by atoms with Crippen molar-refractivity contribution in [3.05, 3.63) is 34.3 Å². The SMILES string of the molecule is Cc1c(Cl)cccc1CNO. The van der Waals surface area contributed by atoms with Crippen LogP contribution in [0.25, 0.3) is 0 Å². The zero-order chi connectivity index (χ0) is 8.27. The van der Waals surface area contributed by atoms with Crippen molar-refractivity contribution < 1.29 is 5.21 Å². The fraction of sp³-hybridized carbons (Fsp3) is 0.250. The highest BCUT2D eigenvalue weighted by molar-refractivity contribution is 6.31. The molecule has 3 heteroatoms. The van der Waals surface area contributed by atoms with E-state index in [1.807, 2.05) is 25.1 Å². The van der Waals surface area contributed by atoms with E-state index in [1.54, 1.807) is 0 Å². The molecule has 11 heavy (non-hydrogen) atoms. The van der Waals surface area contributed by atoms with Gasteiger partial charge in [-0.2, -0.15) is 0 Å². The average Bonchev–Trinajstić information content (AvgIpc) is 1.99. The van der Waals surface area contributed by atoms with Gasteiger partial charge in [-0.3, -0.25) is 0 Å². The minimum Gasteiger partial charge on any atom is -0.316 e. The second kappa shape index (κ2) is 3.72. The zero-order valence-corrected chi connectivity index (χ0v) is 7.02. The van der Waals surface area contributed by atoms with Crippen molar-refractivity contribution in [2.24, 2.45) is 0 Å². The van der Waals surface area contributed by atoms with Gasteiger partial charge in [-0.05, 0) is 24.1 Å². The first kappa shape index (κ1) is 8.53. The molecule has 0 unspecified atom stereocenters. The first-order chi connectivity index (χ1) is 5.25. The number of halogens is 1. The molecule has 0 fully saturated rings. The van der Waals surface area contributed by atoms with Crippen molar-refractivity contribution in [3.8, 4) is 0 Å². The molecule has 0 heterocycles. The van der Waals surface area contributed by atoms with Gasteiger partial charge in [0, 0.05) is 11.6 Å². The summed E-state index contributed by atoms with van der Waals surface area (Å²) < 4.78 is 0. The summed E-state index contributed by atoms with van der Waals surface area (Å²) in [6.45, 7) is 2.36. The van der Waals surface area contributed by atoms with Crippen LogP contribution in [0.3, 0.4) is 0 Å². The standard InChI is InChI=1S/C8H10ClNO/c1-6-7(5-10-11)3-2-4-8(6)9/h2-4,10-11H,5H2,1H3. The van der Waals surface area contributed by atoms with Crippen LogP contribution in [0.15, 0.2) is 18.2 Å². The number of hydrogen-bond donors (Lipinski definition) is 2. The normalized spacial score (nSPS) is 10.1. The number of nitrogens with one attached hydrogen (secondary N) is 1. The van der Waals surface area contributed by atoms with Crippen molar-refractivity contribution in [3.63, 3.8) is 0 Å². The minimum absolute atomic E-state index is 0.437. The first-order valence-electron chi connectivity index (χ1n) is 3.36. The summed E-state index contributed by atoms with van der Waals surface area (Å²) in [6.07, 6.45) is 0. The van der Waals surface area contributed by atoms with Crippen LogP contribution < -0.4 is 5.48 Å². The summed E-state index contributed by atoms with van der Waals surface area (Å²) in [6, 6.07) is 5.62. The highest BCUT2D eigenvalue weighted by Crippen LogP contribution is 2.17. The largest absolute Gasteiger partial charge is 0.316 e. The maximum absolute atomic E-state index is 8.44. The Balaban J connectivity index is 2.96. The fourth-order valence-corrected chi connectivity index (χ4v) is 1.12. The minimum atomic E-state index is 0.437. The molecule has 0 spiro atoms. The van der Waals surface area contributed by atoms with E-state index in [1.165, 1.54) is 0 Å².